The summed E-state index contributed by atoms with van der Waals surface area (Å²) in [6.07, 6.45) is 4.49. The molecule has 1 aromatic carbocycles. The second kappa shape index (κ2) is 7.12. The summed E-state index contributed by atoms with van der Waals surface area (Å²) in [4.78, 5) is 13.6. The van der Waals surface area contributed by atoms with E-state index in [0.29, 0.717) is 23.1 Å². The number of hydrogen-bond acceptors (Lipinski definition) is 4. The summed E-state index contributed by atoms with van der Waals surface area (Å²) < 4.78 is 40.2. The minimum Gasteiger partial charge on any atom is -0.339 e. The molecule has 3 heterocycles. The third-order valence-electron chi connectivity index (χ3n) is 5.42. The highest BCUT2D eigenvalue weighted by Crippen LogP contribution is 2.36. The normalized spacial score (nSPS) is 14.6. The van der Waals surface area contributed by atoms with E-state index >= 15 is 0 Å². The molecule has 152 valence electrons. The van der Waals surface area contributed by atoms with Crippen LogP contribution in [0.4, 0.5) is 24.7 Å². The van der Waals surface area contributed by atoms with Crippen LogP contribution in [0.3, 0.4) is 0 Å². The number of aromatic nitrogens is 4. The minimum atomic E-state index is -4.36. The lowest BCUT2D eigenvalue weighted by atomic mass is 9.83. The zero-order chi connectivity index (χ0) is 20.7. The number of fused-ring (bicyclic) bond motifs is 1. The van der Waals surface area contributed by atoms with Gasteiger partial charge in [-0.25, -0.2) is 9.97 Å². The molecule has 0 amide bonds. The molecule has 5 rings (SSSR count). The molecule has 1 fully saturated rings. The molecule has 3 aromatic heterocycles. The summed E-state index contributed by atoms with van der Waals surface area (Å²) in [5.41, 5.74) is 3.27. The predicted octanol–water partition coefficient (Wildman–Crippen LogP) is 5.82. The average molecular weight is 409 g/mol. The molecule has 1 saturated carbocycles. The Morgan fingerprint density at radius 1 is 0.967 bits per heavy atom. The van der Waals surface area contributed by atoms with Gasteiger partial charge in [0.25, 0.3) is 0 Å². The van der Waals surface area contributed by atoms with Crippen LogP contribution in [0, 0.1) is 0 Å². The molecule has 0 atom stereocenters. The molecule has 30 heavy (non-hydrogen) atoms. The van der Waals surface area contributed by atoms with Crippen molar-refractivity contribution in [3.8, 4) is 11.4 Å². The number of hydrogen-bond donors (Lipinski definition) is 1. The van der Waals surface area contributed by atoms with Crippen LogP contribution in [-0.4, -0.2) is 19.4 Å². The van der Waals surface area contributed by atoms with Gasteiger partial charge in [0, 0.05) is 17.8 Å². The molecule has 5 nitrogen and oxygen atoms in total. The minimum absolute atomic E-state index is 0.448. The zero-order valence-electron chi connectivity index (χ0n) is 15.9. The van der Waals surface area contributed by atoms with Crippen LogP contribution in [0.1, 0.15) is 36.4 Å². The topological polar surface area (TPSA) is 55.1 Å². The number of benzene rings is 1. The molecular weight excluding hydrogens is 391 g/mol. The maximum Gasteiger partial charge on any atom is 0.416 e. The van der Waals surface area contributed by atoms with Gasteiger partial charge in [-0.05, 0) is 49.2 Å². The van der Waals surface area contributed by atoms with Gasteiger partial charge in [0.15, 0.2) is 0 Å². The van der Waals surface area contributed by atoms with E-state index in [1.165, 1.54) is 37.6 Å². The van der Waals surface area contributed by atoms with Crippen molar-refractivity contribution in [3.63, 3.8) is 0 Å². The number of alkyl halides is 3. The van der Waals surface area contributed by atoms with E-state index in [1.807, 2.05) is 22.6 Å². The van der Waals surface area contributed by atoms with Gasteiger partial charge in [-0.3, -0.25) is 9.38 Å². The second-order valence-corrected chi connectivity index (χ2v) is 7.42. The van der Waals surface area contributed by atoms with Gasteiger partial charge in [-0.15, -0.1) is 0 Å². The number of nitrogens with one attached hydrogen (secondary N) is 1. The van der Waals surface area contributed by atoms with Crippen molar-refractivity contribution in [1.29, 1.82) is 0 Å². The molecular formula is C22H18F3N5. The number of anilines is 2. The summed E-state index contributed by atoms with van der Waals surface area (Å²) in [6.45, 7) is 0. The van der Waals surface area contributed by atoms with E-state index in [4.69, 9.17) is 4.98 Å². The maximum absolute atomic E-state index is 12.7. The van der Waals surface area contributed by atoms with E-state index in [2.05, 4.69) is 21.5 Å². The van der Waals surface area contributed by atoms with Crippen molar-refractivity contribution in [2.45, 2.75) is 31.4 Å². The third kappa shape index (κ3) is 3.49. The van der Waals surface area contributed by atoms with Crippen molar-refractivity contribution < 1.29 is 13.2 Å². The van der Waals surface area contributed by atoms with Crippen LogP contribution in [0.5, 0.6) is 0 Å². The fourth-order valence-corrected chi connectivity index (χ4v) is 3.58. The van der Waals surface area contributed by atoms with E-state index < -0.39 is 11.7 Å². The van der Waals surface area contributed by atoms with E-state index in [9.17, 15) is 13.2 Å². The number of nitrogens with zero attached hydrogens (tertiary/aromatic N) is 4. The van der Waals surface area contributed by atoms with Crippen LogP contribution in [-0.2, 0) is 6.18 Å². The van der Waals surface area contributed by atoms with Crippen LogP contribution in [0.25, 0.3) is 17.0 Å². The predicted molar refractivity (Wildman–Crippen MR) is 108 cm³/mol. The highest BCUT2D eigenvalue weighted by molar-refractivity contribution is 5.63. The monoisotopic (exact) mass is 409 g/mol. The first-order valence-electron chi connectivity index (χ1n) is 9.72. The molecule has 1 aliphatic rings. The highest BCUT2D eigenvalue weighted by atomic mass is 19.4. The SMILES string of the molecule is FC(F)(F)c1ccc(Nc2cncc(-c3cccc4nc(C5CCC5)cn34)n2)cc1. The van der Waals surface area contributed by atoms with Crippen LogP contribution >= 0.6 is 0 Å². The van der Waals surface area contributed by atoms with Gasteiger partial charge >= 0.3 is 6.18 Å². The average Bonchev–Trinajstić information content (AvgIpc) is 3.10. The first kappa shape index (κ1) is 18.6. The molecule has 1 N–H and O–H groups in total. The number of rotatable bonds is 4. The van der Waals surface area contributed by atoms with Crippen molar-refractivity contribution in [3.05, 3.63) is 72.3 Å². The summed E-state index contributed by atoms with van der Waals surface area (Å²) >= 11 is 0. The molecule has 1 aliphatic carbocycles. The second-order valence-electron chi connectivity index (χ2n) is 7.42. The van der Waals surface area contributed by atoms with E-state index in [-0.39, 0.29) is 0 Å². The Morgan fingerprint density at radius 3 is 2.47 bits per heavy atom. The zero-order valence-corrected chi connectivity index (χ0v) is 15.9. The lowest BCUT2D eigenvalue weighted by molar-refractivity contribution is -0.137. The van der Waals surface area contributed by atoms with Gasteiger partial charge < -0.3 is 5.32 Å². The number of halogens is 3. The van der Waals surface area contributed by atoms with Crippen LogP contribution in [0.15, 0.2) is 61.1 Å². The molecule has 0 saturated heterocycles. The van der Waals surface area contributed by atoms with Crippen molar-refractivity contribution in [2.75, 3.05) is 5.32 Å². The quantitative estimate of drug-likeness (QED) is 0.461. The third-order valence-corrected chi connectivity index (χ3v) is 5.42. The largest absolute Gasteiger partial charge is 0.416 e. The van der Waals surface area contributed by atoms with Gasteiger partial charge in [0.05, 0.1) is 29.3 Å². The maximum atomic E-state index is 12.7. The molecule has 8 heteroatoms. The van der Waals surface area contributed by atoms with Crippen LogP contribution < -0.4 is 5.32 Å². The summed E-state index contributed by atoms with van der Waals surface area (Å²) in [7, 11) is 0. The molecule has 0 spiro atoms. The smallest absolute Gasteiger partial charge is 0.339 e. The summed E-state index contributed by atoms with van der Waals surface area (Å²) in [5, 5.41) is 3.02. The molecule has 0 unspecified atom stereocenters. The van der Waals surface area contributed by atoms with Gasteiger partial charge in [-0.2, -0.15) is 13.2 Å². The fourth-order valence-electron chi connectivity index (χ4n) is 3.58. The highest BCUT2D eigenvalue weighted by Gasteiger charge is 2.30. The van der Waals surface area contributed by atoms with E-state index in [0.717, 1.165) is 29.2 Å². The Bertz CT molecular complexity index is 1190. The van der Waals surface area contributed by atoms with Crippen molar-refractivity contribution in [1.82, 2.24) is 19.4 Å². The van der Waals surface area contributed by atoms with Gasteiger partial charge in [0.2, 0.25) is 0 Å². The lowest BCUT2D eigenvalue weighted by Crippen LogP contribution is -2.08. The molecule has 4 aromatic rings. The van der Waals surface area contributed by atoms with Gasteiger partial charge in [0.1, 0.15) is 17.2 Å². The standard InChI is InChI=1S/C22H18F3N5/c23-22(24,25)15-7-9-16(10-8-15)27-20-12-26-11-17(28-20)19-5-2-6-21-29-18(13-30(19)21)14-3-1-4-14/h2,5-14H,1,3-4H2,(H,27,28). The summed E-state index contributed by atoms with van der Waals surface area (Å²) in [5.74, 6) is 0.972. The molecule has 0 bridgehead atoms. The first-order valence-corrected chi connectivity index (χ1v) is 9.72. The Labute approximate surface area is 170 Å². The van der Waals surface area contributed by atoms with Crippen molar-refractivity contribution >= 4 is 17.2 Å². The lowest BCUT2D eigenvalue weighted by Gasteiger charge is -2.22. The number of pyridine rings is 1. The Balaban J connectivity index is 1.44. The molecule has 0 aliphatic heterocycles. The van der Waals surface area contributed by atoms with Crippen molar-refractivity contribution in [2.24, 2.45) is 0 Å². The Hall–Kier alpha value is -3.42. The summed E-state index contributed by atoms with van der Waals surface area (Å²) in [6, 6.07) is 10.7. The Morgan fingerprint density at radius 2 is 1.77 bits per heavy atom. The fraction of sp³-hybridized carbons (Fsp3) is 0.227. The van der Waals surface area contributed by atoms with Crippen LogP contribution in [0.2, 0.25) is 0 Å². The van der Waals surface area contributed by atoms with E-state index in [1.54, 1.807) is 6.20 Å². The first-order chi connectivity index (χ1) is 14.5. The molecule has 0 radical (unpaired) electrons. The number of imidazole rings is 1. The Kier molecular flexibility index (Phi) is 4.42. The van der Waals surface area contributed by atoms with Gasteiger partial charge in [-0.1, -0.05) is 12.5 Å².